The molecule has 4 heteroatoms. The monoisotopic (exact) mass is 330 g/mol. The summed E-state index contributed by atoms with van der Waals surface area (Å²) < 4.78 is 0. The van der Waals surface area contributed by atoms with E-state index in [1.807, 2.05) is 4.90 Å². The van der Waals surface area contributed by atoms with Crippen LogP contribution in [0.5, 0.6) is 0 Å². The number of aryl methyl sites for hydroxylation is 1. The molecule has 1 saturated heterocycles. The van der Waals surface area contributed by atoms with Crippen LogP contribution >= 0.6 is 0 Å². The van der Waals surface area contributed by atoms with Gasteiger partial charge in [0, 0.05) is 32.3 Å². The number of benzene rings is 1. The molecule has 1 heterocycles. The molecule has 1 N–H and O–H groups in total. The first-order valence-corrected chi connectivity index (χ1v) is 9.39. The van der Waals surface area contributed by atoms with Crippen molar-refractivity contribution in [2.45, 2.75) is 45.1 Å². The van der Waals surface area contributed by atoms with Gasteiger partial charge in [0.2, 0.25) is 5.91 Å². The molecule has 2 aliphatic rings. The van der Waals surface area contributed by atoms with Gasteiger partial charge < -0.3 is 10.0 Å². The summed E-state index contributed by atoms with van der Waals surface area (Å²) in [6.07, 6.45) is 5.24. The molecule has 2 unspecified atom stereocenters. The Bertz CT molecular complexity index is 560. The molecule has 0 spiro atoms. The molecule has 3 rings (SSSR count). The number of fused-ring (bicyclic) bond motifs is 1. The Morgan fingerprint density at radius 3 is 2.96 bits per heavy atom. The highest BCUT2D eigenvalue weighted by molar-refractivity contribution is 5.78. The molecule has 1 amide bonds. The number of nitrogens with zero attached hydrogens (tertiary/aromatic N) is 2. The number of hydrogen-bond donors (Lipinski definition) is 1. The summed E-state index contributed by atoms with van der Waals surface area (Å²) >= 11 is 0. The SMILES string of the molecule is CC1CCCN(C(=O)CN(CCCO)C2CCc3ccccc32)C1. The predicted octanol–water partition coefficient (Wildman–Crippen LogP) is 2.62. The van der Waals surface area contributed by atoms with Gasteiger partial charge in [0.25, 0.3) is 0 Å². The lowest BCUT2D eigenvalue weighted by Gasteiger charge is -2.35. The number of amides is 1. The minimum Gasteiger partial charge on any atom is -0.396 e. The van der Waals surface area contributed by atoms with Crippen LogP contribution in [0.2, 0.25) is 0 Å². The van der Waals surface area contributed by atoms with Crippen LogP contribution < -0.4 is 0 Å². The van der Waals surface area contributed by atoms with Gasteiger partial charge >= 0.3 is 0 Å². The lowest BCUT2D eigenvalue weighted by Crippen LogP contribution is -2.45. The van der Waals surface area contributed by atoms with Crippen LogP contribution in [0.15, 0.2) is 24.3 Å². The number of piperidine rings is 1. The maximum atomic E-state index is 12.8. The Morgan fingerprint density at radius 1 is 1.33 bits per heavy atom. The Labute approximate surface area is 145 Å². The number of hydrogen-bond acceptors (Lipinski definition) is 3. The molecule has 1 aliphatic heterocycles. The van der Waals surface area contributed by atoms with Crippen molar-refractivity contribution in [3.8, 4) is 0 Å². The number of carbonyl (C=O) groups excluding carboxylic acids is 1. The van der Waals surface area contributed by atoms with Crippen molar-refractivity contribution in [2.24, 2.45) is 5.92 Å². The smallest absolute Gasteiger partial charge is 0.236 e. The summed E-state index contributed by atoms with van der Waals surface area (Å²) in [4.78, 5) is 17.1. The van der Waals surface area contributed by atoms with E-state index in [9.17, 15) is 9.90 Å². The Balaban J connectivity index is 1.69. The first kappa shape index (κ1) is 17.4. The molecule has 0 bridgehead atoms. The largest absolute Gasteiger partial charge is 0.396 e. The third-order valence-corrected chi connectivity index (χ3v) is 5.49. The van der Waals surface area contributed by atoms with Gasteiger partial charge in [-0.1, -0.05) is 31.2 Å². The number of carbonyl (C=O) groups is 1. The van der Waals surface area contributed by atoms with Crippen molar-refractivity contribution in [3.05, 3.63) is 35.4 Å². The van der Waals surface area contributed by atoms with Gasteiger partial charge in [-0.25, -0.2) is 0 Å². The molecule has 1 fully saturated rings. The summed E-state index contributed by atoms with van der Waals surface area (Å²) in [7, 11) is 0. The molecule has 2 atom stereocenters. The lowest BCUT2D eigenvalue weighted by atomic mass is 10.00. The molecule has 1 aromatic rings. The zero-order valence-electron chi connectivity index (χ0n) is 14.8. The van der Waals surface area contributed by atoms with E-state index in [1.165, 1.54) is 17.5 Å². The van der Waals surface area contributed by atoms with Crippen molar-refractivity contribution in [3.63, 3.8) is 0 Å². The number of aliphatic hydroxyl groups excluding tert-OH is 1. The van der Waals surface area contributed by atoms with Gasteiger partial charge in [-0.15, -0.1) is 0 Å². The van der Waals surface area contributed by atoms with E-state index in [-0.39, 0.29) is 12.5 Å². The molecule has 1 aromatic carbocycles. The molecule has 1 aliphatic carbocycles. The van der Waals surface area contributed by atoms with Gasteiger partial charge in [0.15, 0.2) is 0 Å². The molecule has 4 nitrogen and oxygen atoms in total. The van der Waals surface area contributed by atoms with Crippen molar-refractivity contribution in [1.29, 1.82) is 0 Å². The summed E-state index contributed by atoms with van der Waals surface area (Å²) in [5, 5.41) is 9.25. The molecular weight excluding hydrogens is 300 g/mol. The average molecular weight is 330 g/mol. The molecule has 0 saturated carbocycles. The zero-order chi connectivity index (χ0) is 16.9. The second-order valence-corrected chi connectivity index (χ2v) is 7.39. The van der Waals surface area contributed by atoms with Gasteiger partial charge in [-0.2, -0.15) is 0 Å². The van der Waals surface area contributed by atoms with Crippen LogP contribution in [0.4, 0.5) is 0 Å². The van der Waals surface area contributed by atoms with Crippen LogP contribution in [0.25, 0.3) is 0 Å². The number of likely N-dealkylation sites (tertiary alicyclic amines) is 1. The van der Waals surface area contributed by atoms with Gasteiger partial charge in [-0.05, 0) is 49.1 Å². The van der Waals surface area contributed by atoms with E-state index in [1.54, 1.807) is 0 Å². The van der Waals surface area contributed by atoms with E-state index in [4.69, 9.17) is 0 Å². The zero-order valence-corrected chi connectivity index (χ0v) is 14.8. The summed E-state index contributed by atoms with van der Waals surface area (Å²) in [5.41, 5.74) is 2.78. The van der Waals surface area contributed by atoms with Crippen LogP contribution in [-0.4, -0.2) is 53.6 Å². The first-order chi connectivity index (χ1) is 11.7. The van der Waals surface area contributed by atoms with Crippen LogP contribution in [0.3, 0.4) is 0 Å². The predicted molar refractivity (Wildman–Crippen MR) is 95.8 cm³/mol. The van der Waals surface area contributed by atoms with Gasteiger partial charge in [0.1, 0.15) is 0 Å². The Kier molecular flexibility index (Phi) is 5.90. The first-order valence-electron chi connectivity index (χ1n) is 9.39. The third kappa shape index (κ3) is 3.98. The lowest BCUT2D eigenvalue weighted by molar-refractivity contribution is -0.134. The van der Waals surface area contributed by atoms with E-state index in [0.717, 1.165) is 45.3 Å². The van der Waals surface area contributed by atoms with Gasteiger partial charge in [-0.3, -0.25) is 9.69 Å². The fraction of sp³-hybridized carbons (Fsp3) is 0.650. The van der Waals surface area contributed by atoms with E-state index < -0.39 is 0 Å². The summed E-state index contributed by atoms with van der Waals surface area (Å²) in [5.74, 6) is 0.865. The minimum atomic E-state index is 0.180. The number of rotatable bonds is 6. The third-order valence-electron chi connectivity index (χ3n) is 5.49. The number of aliphatic hydroxyl groups is 1. The minimum absolute atomic E-state index is 0.180. The van der Waals surface area contributed by atoms with E-state index in [2.05, 4.69) is 36.1 Å². The molecule has 132 valence electrons. The maximum absolute atomic E-state index is 12.8. The Hall–Kier alpha value is -1.39. The highest BCUT2D eigenvalue weighted by Gasteiger charge is 2.30. The van der Waals surface area contributed by atoms with Crippen molar-refractivity contribution < 1.29 is 9.90 Å². The summed E-state index contributed by atoms with van der Waals surface area (Å²) in [6, 6.07) is 8.91. The fourth-order valence-corrected chi connectivity index (χ4v) is 4.22. The molecular formula is C20H30N2O2. The van der Waals surface area contributed by atoms with Gasteiger partial charge in [0.05, 0.1) is 6.54 Å². The maximum Gasteiger partial charge on any atom is 0.236 e. The quantitative estimate of drug-likeness (QED) is 0.872. The topological polar surface area (TPSA) is 43.8 Å². The van der Waals surface area contributed by atoms with Crippen molar-refractivity contribution >= 4 is 5.91 Å². The second-order valence-electron chi connectivity index (χ2n) is 7.39. The highest BCUT2D eigenvalue weighted by atomic mass is 16.3. The van der Waals surface area contributed by atoms with Crippen LogP contribution in [0.1, 0.15) is 49.8 Å². The normalized spacial score (nSPS) is 23.5. The van der Waals surface area contributed by atoms with Crippen LogP contribution in [-0.2, 0) is 11.2 Å². The molecule has 0 radical (unpaired) electrons. The molecule has 24 heavy (non-hydrogen) atoms. The summed E-state index contributed by atoms with van der Waals surface area (Å²) in [6.45, 7) is 5.47. The van der Waals surface area contributed by atoms with Crippen LogP contribution in [0, 0.1) is 5.92 Å². The Morgan fingerprint density at radius 2 is 2.17 bits per heavy atom. The van der Waals surface area contributed by atoms with Crippen molar-refractivity contribution in [1.82, 2.24) is 9.80 Å². The average Bonchev–Trinajstić information content (AvgIpc) is 3.02. The van der Waals surface area contributed by atoms with E-state index >= 15 is 0 Å². The second kappa shape index (κ2) is 8.13. The highest BCUT2D eigenvalue weighted by Crippen LogP contribution is 2.35. The molecule has 0 aromatic heterocycles. The van der Waals surface area contributed by atoms with Crippen molar-refractivity contribution in [2.75, 3.05) is 32.8 Å². The standard InChI is InChI=1S/C20H30N2O2/c1-16-6-4-11-22(14-16)20(24)15-21(12-5-13-23)19-10-9-17-7-2-3-8-18(17)19/h2-3,7-8,16,19,23H,4-6,9-15H2,1H3. The fourth-order valence-electron chi connectivity index (χ4n) is 4.22. The van der Waals surface area contributed by atoms with E-state index in [0.29, 0.717) is 18.5 Å².